The Bertz CT molecular complexity index is 674. The first-order chi connectivity index (χ1) is 8.65. The van der Waals surface area contributed by atoms with E-state index in [1.165, 1.54) is 0 Å². The lowest BCUT2D eigenvalue weighted by Crippen LogP contribution is -2.40. The number of hydrogen-bond donors (Lipinski definition) is 1. The van der Waals surface area contributed by atoms with Crippen molar-refractivity contribution in [3.8, 4) is 0 Å². The highest BCUT2D eigenvalue weighted by molar-refractivity contribution is 9.10. The molecule has 90 valence electrons. The Labute approximate surface area is 111 Å². The van der Waals surface area contributed by atoms with Crippen molar-refractivity contribution < 1.29 is 14.7 Å². The van der Waals surface area contributed by atoms with E-state index >= 15 is 0 Å². The topological polar surface area (TPSA) is 57.6 Å². The first kappa shape index (κ1) is 11.4. The molecule has 1 aliphatic rings. The van der Waals surface area contributed by atoms with E-state index in [9.17, 15) is 9.59 Å². The summed E-state index contributed by atoms with van der Waals surface area (Å²) in [5, 5.41) is 10.6. The predicted molar refractivity (Wildman–Crippen MR) is 69.2 cm³/mol. The van der Waals surface area contributed by atoms with Gasteiger partial charge in [0.05, 0.1) is 0 Å². The quantitative estimate of drug-likeness (QED) is 0.821. The first-order valence-corrected chi connectivity index (χ1v) is 6.12. The fourth-order valence-electron chi connectivity index (χ4n) is 2.24. The molecule has 0 bridgehead atoms. The van der Waals surface area contributed by atoms with E-state index in [1.54, 1.807) is 24.3 Å². The van der Waals surface area contributed by atoms with Crippen LogP contribution < -0.4 is 0 Å². The van der Waals surface area contributed by atoms with Gasteiger partial charge in [0.25, 0.3) is 11.8 Å². The minimum absolute atomic E-state index is 0.442. The average Bonchev–Trinajstić information content (AvgIpc) is 2.38. The van der Waals surface area contributed by atoms with E-state index in [4.69, 9.17) is 5.11 Å². The van der Waals surface area contributed by atoms with Gasteiger partial charge in [0.15, 0.2) is 0 Å². The monoisotopic (exact) mass is 305 g/mol. The Morgan fingerprint density at radius 1 is 1.06 bits per heavy atom. The highest BCUT2D eigenvalue weighted by atomic mass is 79.9. The van der Waals surface area contributed by atoms with Crippen molar-refractivity contribution in [1.29, 1.82) is 0 Å². The van der Waals surface area contributed by atoms with Crippen molar-refractivity contribution in [2.45, 2.75) is 0 Å². The zero-order chi connectivity index (χ0) is 12.9. The molecule has 4 nitrogen and oxygen atoms in total. The summed E-state index contributed by atoms with van der Waals surface area (Å²) in [7, 11) is 0. The lowest BCUT2D eigenvalue weighted by atomic mass is 9.94. The van der Waals surface area contributed by atoms with Crippen molar-refractivity contribution in [3.63, 3.8) is 0 Å². The Balaban J connectivity index is 2.46. The SMILES string of the molecule is O=C1c2cccc3c(Br)ccc(c23)C(=O)N1CO. The maximum atomic E-state index is 12.1. The van der Waals surface area contributed by atoms with Crippen molar-refractivity contribution in [2.75, 3.05) is 6.73 Å². The smallest absolute Gasteiger partial charge is 0.263 e. The summed E-state index contributed by atoms with van der Waals surface area (Å²) in [5.41, 5.74) is 0.884. The molecule has 2 amide bonds. The number of amides is 2. The molecule has 0 unspecified atom stereocenters. The fourth-order valence-corrected chi connectivity index (χ4v) is 2.70. The van der Waals surface area contributed by atoms with Gasteiger partial charge in [-0.3, -0.25) is 14.5 Å². The van der Waals surface area contributed by atoms with Crippen LogP contribution in [-0.2, 0) is 0 Å². The van der Waals surface area contributed by atoms with E-state index in [1.807, 2.05) is 6.07 Å². The fraction of sp³-hybridized carbons (Fsp3) is 0.0769. The number of aliphatic hydroxyl groups excluding tert-OH is 1. The summed E-state index contributed by atoms with van der Waals surface area (Å²) in [6.07, 6.45) is 0. The molecule has 2 aromatic rings. The van der Waals surface area contributed by atoms with Crippen LogP contribution in [0, 0.1) is 0 Å². The maximum Gasteiger partial charge on any atom is 0.263 e. The summed E-state index contributed by atoms with van der Waals surface area (Å²) in [6, 6.07) is 8.70. The third-order valence-corrected chi connectivity index (χ3v) is 3.77. The molecule has 1 aliphatic heterocycles. The molecule has 5 heteroatoms. The molecule has 1 N–H and O–H groups in total. The highest BCUT2D eigenvalue weighted by Gasteiger charge is 2.32. The van der Waals surface area contributed by atoms with E-state index in [2.05, 4.69) is 15.9 Å². The number of nitrogens with zero attached hydrogens (tertiary/aromatic N) is 1. The van der Waals surface area contributed by atoms with Gasteiger partial charge in [-0.15, -0.1) is 0 Å². The van der Waals surface area contributed by atoms with E-state index in [0.717, 1.165) is 14.8 Å². The minimum atomic E-state index is -0.608. The number of benzene rings is 2. The lowest BCUT2D eigenvalue weighted by Gasteiger charge is -2.25. The average molecular weight is 306 g/mol. The molecule has 3 rings (SSSR count). The zero-order valence-electron chi connectivity index (χ0n) is 9.18. The third-order valence-electron chi connectivity index (χ3n) is 3.08. The van der Waals surface area contributed by atoms with Crippen molar-refractivity contribution in [1.82, 2.24) is 4.90 Å². The van der Waals surface area contributed by atoms with Crippen LogP contribution in [0.1, 0.15) is 20.7 Å². The Hall–Kier alpha value is -1.72. The summed E-state index contributed by atoms with van der Waals surface area (Å²) in [4.78, 5) is 25.0. The van der Waals surface area contributed by atoms with Gasteiger partial charge in [0, 0.05) is 21.0 Å². The summed E-state index contributed by atoms with van der Waals surface area (Å²) < 4.78 is 0.834. The molecule has 0 saturated heterocycles. The minimum Gasteiger partial charge on any atom is -0.376 e. The van der Waals surface area contributed by atoms with Gasteiger partial charge in [0.2, 0.25) is 0 Å². The lowest BCUT2D eigenvalue weighted by molar-refractivity contribution is 0.0444. The van der Waals surface area contributed by atoms with Crippen molar-refractivity contribution >= 4 is 38.5 Å². The summed E-state index contributed by atoms with van der Waals surface area (Å²) in [6.45, 7) is -0.608. The van der Waals surface area contributed by atoms with E-state index in [-0.39, 0.29) is 0 Å². The number of rotatable bonds is 1. The Morgan fingerprint density at radius 3 is 2.39 bits per heavy atom. The molecule has 0 fully saturated rings. The molecule has 0 radical (unpaired) electrons. The van der Waals surface area contributed by atoms with Crippen LogP contribution in [0.4, 0.5) is 0 Å². The number of aliphatic hydroxyl groups is 1. The zero-order valence-corrected chi connectivity index (χ0v) is 10.8. The molecule has 1 heterocycles. The normalized spacial score (nSPS) is 14.4. The van der Waals surface area contributed by atoms with Gasteiger partial charge in [-0.05, 0) is 23.6 Å². The molecule has 0 aliphatic carbocycles. The second kappa shape index (κ2) is 3.90. The number of hydrogen-bond acceptors (Lipinski definition) is 3. The summed E-state index contributed by atoms with van der Waals surface area (Å²) >= 11 is 3.40. The number of carbonyl (C=O) groups excluding carboxylic acids is 2. The van der Waals surface area contributed by atoms with E-state index < -0.39 is 18.5 Å². The molecule has 18 heavy (non-hydrogen) atoms. The Kier molecular flexibility index (Phi) is 2.46. The van der Waals surface area contributed by atoms with Gasteiger partial charge >= 0.3 is 0 Å². The largest absolute Gasteiger partial charge is 0.376 e. The second-order valence-electron chi connectivity index (χ2n) is 4.00. The number of imide groups is 1. The second-order valence-corrected chi connectivity index (χ2v) is 4.86. The maximum absolute atomic E-state index is 12.1. The standard InChI is InChI=1S/C13H8BrNO3/c14-10-5-4-9-11-7(10)2-1-3-8(11)12(17)15(6-16)13(9)18/h1-5,16H,6H2. The molecule has 0 saturated carbocycles. The first-order valence-electron chi connectivity index (χ1n) is 5.33. The molecular formula is C13H8BrNO3. The third kappa shape index (κ3) is 1.34. The van der Waals surface area contributed by atoms with Crippen molar-refractivity contribution in [3.05, 3.63) is 45.9 Å². The van der Waals surface area contributed by atoms with Crippen LogP contribution in [0.5, 0.6) is 0 Å². The summed E-state index contributed by atoms with van der Waals surface area (Å²) in [5.74, 6) is -0.919. The number of halogens is 1. The molecule has 0 atom stereocenters. The van der Waals surface area contributed by atoms with Gasteiger partial charge in [0.1, 0.15) is 6.73 Å². The van der Waals surface area contributed by atoms with Crippen LogP contribution >= 0.6 is 15.9 Å². The molecule has 2 aromatic carbocycles. The molecular weight excluding hydrogens is 298 g/mol. The molecule has 0 spiro atoms. The van der Waals surface area contributed by atoms with Crippen LogP contribution in [0.2, 0.25) is 0 Å². The van der Waals surface area contributed by atoms with Crippen molar-refractivity contribution in [2.24, 2.45) is 0 Å². The number of carbonyl (C=O) groups is 2. The van der Waals surface area contributed by atoms with Crippen LogP contribution in [0.3, 0.4) is 0 Å². The predicted octanol–water partition coefficient (Wildman–Crippen LogP) is 2.15. The Morgan fingerprint density at radius 2 is 1.72 bits per heavy atom. The van der Waals surface area contributed by atoms with E-state index in [0.29, 0.717) is 16.5 Å². The van der Waals surface area contributed by atoms with Crippen LogP contribution in [0.15, 0.2) is 34.8 Å². The van der Waals surface area contributed by atoms with Gasteiger partial charge < -0.3 is 5.11 Å². The van der Waals surface area contributed by atoms with Crippen LogP contribution in [0.25, 0.3) is 10.8 Å². The van der Waals surface area contributed by atoms with Gasteiger partial charge in [-0.25, -0.2) is 0 Å². The molecule has 0 aromatic heterocycles. The van der Waals surface area contributed by atoms with Crippen LogP contribution in [-0.4, -0.2) is 28.6 Å². The van der Waals surface area contributed by atoms with Gasteiger partial charge in [-0.2, -0.15) is 0 Å². The highest BCUT2D eigenvalue weighted by Crippen LogP contribution is 2.33. The van der Waals surface area contributed by atoms with Gasteiger partial charge in [-0.1, -0.05) is 28.1 Å².